The fourth-order valence-electron chi connectivity index (χ4n) is 2.06. The van der Waals surface area contributed by atoms with Crippen LogP contribution in [0, 0.1) is 11.7 Å². The largest absolute Gasteiger partial charge is 0.494 e. The summed E-state index contributed by atoms with van der Waals surface area (Å²) in [4.78, 5) is 11.7. The number of benzene rings is 1. The number of nitrogens with one attached hydrogen (secondary N) is 1. The third-order valence-electron chi connectivity index (χ3n) is 3.00. The predicted octanol–water partition coefficient (Wildman–Crippen LogP) is 3.13. The van der Waals surface area contributed by atoms with Gasteiger partial charge in [0.2, 0.25) is 5.91 Å². The molecular weight excluding hydrogens is 233 g/mol. The first-order valence-electron chi connectivity index (χ1n) is 5.99. The Balaban J connectivity index is 1.94. The van der Waals surface area contributed by atoms with Crippen molar-refractivity contribution in [3.8, 4) is 5.75 Å². The zero-order valence-corrected chi connectivity index (χ0v) is 10.3. The Morgan fingerprint density at radius 3 is 3.00 bits per heavy atom. The predicted molar refractivity (Wildman–Crippen MR) is 68.1 cm³/mol. The highest BCUT2D eigenvalue weighted by atomic mass is 19.1. The van der Waals surface area contributed by atoms with Crippen molar-refractivity contribution in [3.63, 3.8) is 0 Å². The number of methoxy groups -OCH3 is 1. The Hall–Kier alpha value is -1.84. The molecule has 3 nitrogen and oxygen atoms in total. The lowest BCUT2D eigenvalue weighted by Crippen LogP contribution is -2.14. The lowest BCUT2D eigenvalue weighted by Gasteiger charge is -2.09. The summed E-state index contributed by atoms with van der Waals surface area (Å²) in [6.07, 6.45) is 6.66. The smallest absolute Gasteiger partial charge is 0.224 e. The minimum Gasteiger partial charge on any atom is -0.494 e. The molecule has 0 heterocycles. The van der Waals surface area contributed by atoms with Gasteiger partial charge in [-0.15, -0.1) is 0 Å². The van der Waals surface area contributed by atoms with Gasteiger partial charge in [0.25, 0.3) is 0 Å². The van der Waals surface area contributed by atoms with Crippen LogP contribution in [0.15, 0.2) is 30.4 Å². The van der Waals surface area contributed by atoms with Gasteiger partial charge in [0, 0.05) is 18.2 Å². The van der Waals surface area contributed by atoms with E-state index in [0.29, 0.717) is 18.0 Å². The van der Waals surface area contributed by atoms with Gasteiger partial charge >= 0.3 is 0 Å². The molecule has 2 rings (SSSR count). The van der Waals surface area contributed by atoms with Gasteiger partial charge in [-0.2, -0.15) is 0 Å². The van der Waals surface area contributed by atoms with E-state index in [2.05, 4.69) is 17.5 Å². The van der Waals surface area contributed by atoms with Crippen LogP contribution in [0.2, 0.25) is 0 Å². The number of allylic oxidation sites excluding steroid dienone is 2. The van der Waals surface area contributed by atoms with Crippen LogP contribution in [-0.4, -0.2) is 13.0 Å². The van der Waals surface area contributed by atoms with Gasteiger partial charge in [-0.05, 0) is 30.9 Å². The summed E-state index contributed by atoms with van der Waals surface area (Å²) in [6, 6.07) is 4.39. The molecule has 0 saturated carbocycles. The van der Waals surface area contributed by atoms with Gasteiger partial charge in [0.05, 0.1) is 7.11 Å². The second-order valence-electron chi connectivity index (χ2n) is 4.37. The Morgan fingerprint density at radius 1 is 1.56 bits per heavy atom. The highest BCUT2D eigenvalue weighted by molar-refractivity contribution is 5.91. The maximum Gasteiger partial charge on any atom is 0.224 e. The first kappa shape index (κ1) is 12.6. The highest BCUT2D eigenvalue weighted by Crippen LogP contribution is 2.23. The zero-order chi connectivity index (χ0) is 13.0. The van der Waals surface area contributed by atoms with Crippen LogP contribution < -0.4 is 10.1 Å². The van der Waals surface area contributed by atoms with Crippen molar-refractivity contribution in [2.24, 2.45) is 5.92 Å². The van der Waals surface area contributed by atoms with Crippen molar-refractivity contribution < 1.29 is 13.9 Å². The Kier molecular flexibility index (Phi) is 3.97. The monoisotopic (exact) mass is 249 g/mol. The standard InChI is InChI=1S/C14H16FNO2/c1-18-13-7-6-11(9-12(13)15)16-14(17)8-10-4-2-3-5-10/h2,4,6-7,9-10H,3,5,8H2,1H3,(H,16,17)/t10-/m0/s1. The van der Waals surface area contributed by atoms with Gasteiger partial charge in [-0.1, -0.05) is 12.2 Å². The average Bonchev–Trinajstić information content (AvgIpc) is 2.82. The third kappa shape index (κ3) is 3.09. The molecular formula is C14H16FNO2. The van der Waals surface area contributed by atoms with Crippen LogP contribution in [0.5, 0.6) is 5.75 Å². The molecule has 0 aromatic heterocycles. The molecule has 1 aromatic rings. The van der Waals surface area contributed by atoms with Crippen molar-refractivity contribution in [1.82, 2.24) is 0 Å². The number of carbonyl (C=O) groups excluding carboxylic acids is 1. The topological polar surface area (TPSA) is 38.3 Å². The molecule has 1 N–H and O–H groups in total. The van der Waals surface area contributed by atoms with Crippen molar-refractivity contribution in [1.29, 1.82) is 0 Å². The molecule has 1 atom stereocenters. The summed E-state index contributed by atoms with van der Waals surface area (Å²) in [5.74, 6) is -0.0769. The zero-order valence-electron chi connectivity index (χ0n) is 10.3. The van der Waals surface area contributed by atoms with E-state index in [-0.39, 0.29) is 11.7 Å². The van der Waals surface area contributed by atoms with E-state index in [1.54, 1.807) is 6.07 Å². The molecule has 1 aromatic carbocycles. The number of ether oxygens (including phenoxy) is 1. The number of carbonyl (C=O) groups is 1. The summed E-state index contributed by atoms with van der Waals surface area (Å²) < 4.78 is 18.2. The molecule has 4 heteroatoms. The van der Waals surface area contributed by atoms with E-state index < -0.39 is 5.82 Å². The Labute approximate surface area is 106 Å². The van der Waals surface area contributed by atoms with Crippen LogP contribution in [0.4, 0.5) is 10.1 Å². The van der Waals surface area contributed by atoms with E-state index in [4.69, 9.17) is 4.74 Å². The Bertz CT molecular complexity index is 471. The molecule has 1 amide bonds. The Morgan fingerprint density at radius 2 is 2.39 bits per heavy atom. The number of amides is 1. The number of halogens is 1. The first-order valence-corrected chi connectivity index (χ1v) is 5.99. The van der Waals surface area contributed by atoms with Gasteiger partial charge in [0.15, 0.2) is 11.6 Å². The first-order chi connectivity index (χ1) is 8.69. The van der Waals surface area contributed by atoms with Gasteiger partial charge in [-0.3, -0.25) is 4.79 Å². The quantitative estimate of drug-likeness (QED) is 0.832. The normalized spacial score (nSPS) is 17.8. The van der Waals surface area contributed by atoms with E-state index in [0.717, 1.165) is 12.8 Å². The minimum atomic E-state index is -0.476. The van der Waals surface area contributed by atoms with Crippen molar-refractivity contribution in [3.05, 3.63) is 36.2 Å². The SMILES string of the molecule is COc1ccc(NC(=O)C[C@H]2C=CCC2)cc1F. The number of hydrogen-bond donors (Lipinski definition) is 1. The molecule has 0 saturated heterocycles. The van der Waals surface area contributed by atoms with Crippen molar-refractivity contribution in [2.45, 2.75) is 19.3 Å². The van der Waals surface area contributed by atoms with E-state index >= 15 is 0 Å². The van der Waals surface area contributed by atoms with Crippen molar-refractivity contribution in [2.75, 3.05) is 12.4 Å². The maximum absolute atomic E-state index is 13.4. The van der Waals surface area contributed by atoms with Gasteiger partial charge < -0.3 is 10.1 Å². The van der Waals surface area contributed by atoms with E-state index in [1.165, 1.54) is 19.2 Å². The second-order valence-corrected chi connectivity index (χ2v) is 4.37. The summed E-state index contributed by atoms with van der Waals surface area (Å²) in [5.41, 5.74) is 0.459. The number of anilines is 1. The fraction of sp³-hybridized carbons (Fsp3) is 0.357. The molecule has 0 bridgehead atoms. The fourth-order valence-corrected chi connectivity index (χ4v) is 2.06. The maximum atomic E-state index is 13.4. The molecule has 0 fully saturated rings. The van der Waals surface area contributed by atoms with Crippen LogP contribution in [-0.2, 0) is 4.79 Å². The molecule has 0 radical (unpaired) electrons. The molecule has 18 heavy (non-hydrogen) atoms. The number of rotatable bonds is 4. The minimum absolute atomic E-state index is 0.0869. The number of hydrogen-bond acceptors (Lipinski definition) is 2. The van der Waals surface area contributed by atoms with Crippen LogP contribution in [0.25, 0.3) is 0 Å². The average molecular weight is 249 g/mol. The van der Waals surface area contributed by atoms with E-state index in [1.807, 2.05) is 0 Å². The third-order valence-corrected chi connectivity index (χ3v) is 3.00. The molecule has 0 aliphatic heterocycles. The van der Waals surface area contributed by atoms with Crippen LogP contribution in [0.1, 0.15) is 19.3 Å². The lowest BCUT2D eigenvalue weighted by atomic mass is 10.1. The van der Waals surface area contributed by atoms with Crippen molar-refractivity contribution >= 4 is 11.6 Å². The molecule has 1 aliphatic rings. The van der Waals surface area contributed by atoms with E-state index in [9.17, 15) is 9.18 Å². The molecule has 1 aliphatic carbocycles. The van der Waals surface area contributed by atoms with Gasteiger partial charge in [0.1, 0.15) is 0 Å². The van der Waals surface area contributed by atoms with Crippen LogP contribution in [0.3, 0.4) is 0 Å². The molecule has 96 valence electrons. The lowest BCUT2D eigenvalue weighted by molar-refractivity contribution is -0.116. The highest BCUT2D eigenvalue weighted by Gasteiger charge is 2.14. The summed E-state index contributed by atoms with van der Waals surface area (Å²) in [5, 5.41) is 2.69. The second kappa shape index (κ2) is 5.67. The summed E-state index contributed by atoms with van der Waals surface area (Å²) >= 11 is 0. The molecule has 0 spiro atoms. The summed E-state index contributed by atoms with van der Waals surface area (Å²) in [7, 11) is 1.41. The molecule has 0 unspecified atom stereocenters. The summed E-state index contributed by atoms with van der Waals surface area (Å²) in [6.45, 7) is 0. The van der Waals surface area contributed by atoms with Crippen LogP contribution >= 0.6 is 0 Å². The van der Waals surface area contributed by atoms with Gasteiger partial charge in [-0.25, -0.2) is 4.39 Å².